The lowest BCUT2D eigenvalue weighted by Crippen LogP contribution is -2.46. The van der Waals surface area contributed by atoms with E-state index < -0.39 is 90.6 Å². The molecule has 1 saturated heterocycles. The molecule has 1 aliphatic heterocycles. The van der Waals surface area contributed by atoms with Crippen molar-refractivity contribution >= 4 is 75.1 Å². The molecule has 16 N–H and O–H groups in total. The first kappa shape index (κ1) is 50.1. The van der Waals surface area contributed by atoms with E-state index in [1.807, 2.05) is 0 Å². The maximum atomic E-state index is 12.7. The van der Waals surface area contributed by atoms with E-state index in [0.29, 0.717) is 19.4 Å². The zero-order valence-corrected chi connectivity index (χ0v) is 35.0. The number of phosphoric acid groups is 3. The van der Waals surface area contributed by atoms with Crippen molar-refractivity contribution < 1.29 is 80.5 Å². The van der Waals surface area contributed by atoms with E-state index in [9.17, 15) is 57.9 Å². The first-order valence-corrected chi connectivity index (χ1v) is 22.7. The number of hydrogen-bond donors (Lipinski definition) is 12. The van der Waals surface area contributed by atoms with Gasteiger partial charge in [0.1, 0.15) is 36.3 Å². The van der Waals surface area contributed by atoms with Gasteiger partial charge in [0.25, 0.3) is 0 Å². The highest BCUT2D eigenvalue weighted by atomic mass is 32.2. The van der Waals surface area contributed by atoms with Crippen molar-refractivity contribution in [2.24, 2.45) is 27.6 Å². The third kappa shape index (κ3) is 16.0. The summed E-state index contributed by atoms with van der Waals surface area (Å²) >= 11 is 0.932. The Labute approximate surface area is 339 Å². The molecule has 1 fully saturated rings. The van der Waals surface area contributed by atoms with Crippen LogP contribution in [0.1, 0.15) is 39.3 Å². The minimum absolute atomic E-state index is 0.0228. The lowest BCUT2D eigenvalue weighted by Gasteiger charge is -2.30. The largest absolute Gasteiger partial charge is 0.481 e. The van der Waals surface area contributed by atoms with Gasteiger partial charge in [0.2, 0.25) is 16.9 Å². The second kappa shape index (κ2) is 21.5. The SMILES string of the molecule is CC(C)(COP(=O)(O)OP(=O)(O)OCC1OC(n2cnc3c(N)ncnc32)C(O)C1OP(=O)(O)O)C(O)C(=O)NCCC(=O)NCCSC(=O)[C@@H](N)CCCN=C(N)N. The van der Waals surface area contributed by atoms with Crippen molar-refractivity contribution in [1.29, 1.82) is 0 Å². The molecule has 0 bridgehead atoms. The lowest BCUT2D eigenvalue weighted by atomic mass is 9.87. The van der Waals surface area contributed by atoms with E-state index in [1.165, 1.54) is 13.8 Å². The van der Waals surface area contributed by atoms with Crippen molar-refractivity contribution in [1.82, 2.24) is 30.2 Å². The lowest BCUT2D eigenvalue weighted by molar-refractivity contribution is -0.137. The number of anilines is 1. The third-order valence-corrected chi connectivity index (χ3v) is 12.1. The van der Waals surface area contributed by atoms with Crippen LogP contribution < -0.4 is 33.6 Å². The fourth-order valence-corrected chi connectivity index (χ4v) is 8.59. The predicted octanol–water partition coefficient (Wildman–Crippen LogP) is -2.95. The number of amides is 2. The van der Waals surface area contributed by atoms with Crippen LogP contribution in [0.4, 0.5) is 5.82 Å². The summed E-state index contributed by atoms with van der Waals surface area (Å²) in [6.07, 6.45) is -6.17. The number of aliphatic hydroxyl groups is 2. The van der Waals surface area contributed by atoms with Crippen LogP contribution in [0.3, 0.4) is 0 Å². The highest BCUT2D eigenvalue weighted by molar-refractivity contribution is 8.13. The van der Waals surface area contributed by atoms with Gasteiger partial charge in [0.05, 0.1) is 25.6 Å². The fourth-order valence-electron chi connectivity index (χ4n) is 5.03. The third-order valence-electron chi connectivity index (χ3n) is 8.02. The number of thioether (sulfide) groups is 1. The van der Waals surface area contributed by atoms with Gasteiger partial charge in [-0.25, -0.2) is 28.6 Å². The van der Waals surface area contributed by atoms with E-state index >= 15 is 0 Å². The summed E-state index contributed by atoms with van der Waals surface area (Å²) in [5, 5.41) is 26.1. The molecule has 7 unspecified atom stereocenters. The van der Waals surface area contributed by atoms with E-state index in [-0.39, 0.29) is 53.3 Å². The smallest absolute Gasteiger partial charge is 0.386 e. The molecule has 2 aromatic heterocycles. The van der Waals surface area contributed by atoms with Gasteiger partial charge in [-0.05, 0) is 12.8 Å². The number of nitrogens with zero attached hydrogens (tertiary/aromatic N) is 5. The molecular formula is C27H48N11O17P3S. The van der Waals surface area contributed by atoms with Gasteiger partial charge in [-0.2, -0.15) is 4.31 Å². The Balaban J connectivity index is 1.45. The van der Waals surface area contributed by atoms with Gasteiger partial charge in [-0.3, -0.25) is 37.5 Å². The number of rotatable bonds is 24. The Morgan fingerprint density at radius 1 is 1.07 bits per heavy atom. The average molecular weight is 924 g/mol. The number of guanidine groups is 1. The Kier molecular flexibility index (Phi) is 18.3. The number of carbonyl (C=O) groups excluding carboxylic acids is 3. The number of nitrogens with one attached hydrogen (secondary N) is 2. The quantitative estimate of drug-likeness (QED) is 0.0217. The van der Waals surface area contributed by atoms with Crippen LogP contribution in [-0.2, 0) is 50.7 Å². The van der Waals surface area contributed by atoms with Gasteiger partial charge in [0.15, 0.2) is 23.7 Å². The van der Waals surface area contributed by atoms with Crippen molar-refractivity contribution in [2.75, 3.05) is 44.3 Å². The van der Waals surface area contributed by atoms with Crippen LogP contribution in [-0.4, -0.2) is 141 Å². The number of imidazole rings is 1. The van der Waals surface area contributed by atoms with Crippen LogP contribution in [0.15, 0.2) is 17.6 Å². The molecule has 8 atom stereocenters. The zero-order valence-electron chi connectivity index (χ0n) is 31.5. The molecular weight excluding hydrogens is 875 g/mol. The van der Waals surface area contributed by atoms with E-state index in [0.717, 1.165) is 29.0 Å². The number of aromatic nitrogens is 4. The van der Waals surface area contributed by atoms with Crippen LogP contribution in [0, 0.1) is 5.41 Å². The normalized spacial score (nSPS) is 21.6. The standard InChI is InChI=1S/C27H48N11O17P3S/c1-27(2,20(41)23(42)33-7-5-16(39)32-8-9-59-25(43)14(28)4-3-6-34-26(30)31)11-52-58(49,50)55-57(47,48)51-10-15-19(54-56(44,45)46)18(40)24(53-15)38-13-37-17-21(29)35-12-36-22(17)38/h12-15,18-20,24,40-41H,3-11,28H2,1-2H3,(H,32,39)(H,33,42)(H,47,48)(H,49,50)(H2,29,35,36)(H4,30,31,34)(H2,44,45,46)/t14-,15?,18?,19?,20?,24?/m0/s1. The summed E-state index contributed by atoms with van der Waals surface area (Å²) in [7, 11) is -16.4. The highest BCUT2D eigenvalue weighted by Crippen LogP contribution is 2.61. The van der Waals surface area contributed by atoms with Crippen LogP contribution in [0.2, 0.25) is 0 Å². The fraction of sp³-hybridized carbons (Fsp3) is 0.667. The molecule has 28 nitrogen and oxygen atoms in total. The molecule has 3 rings (SSSR count). The number of fused-ring (bicyclic) bond motifs is 1. The van der Waals surface area contributed by atoms with Crippen molar-refractivity contribution in [3.8, 4) is 0 Å². The highest BCUT2D eigenvalue weighted by Gasteiger charge is 2.50. The predicted molar refractivity (Wildman–Crippen MR) is 205 cm³/mol. The van der Waals surface area contributed by atoms with E-state index in [2.05, 4.69) is 39.4 Å². The molecule has 0 spiro atoms. The molecule has 0 saturated carbocycles. The summed E-state index contributed by atoms with van der Waals surface area (Å²) in [6.45, 7) is 0.631. The van der Waals surface area contributed by atoms with Gasteiger partial charge in [-0.15, -0.1) is 0 Å². The number of aliphatic imine (C=N–C) groups is 1. The molecule has 0 aliphatic carbocycles. The number of nitrogens with two attached hydrogens (primary N) is 4. The first-order valence-electron chi connectivity index (χ1n) is 17.2. The zero-order chi connectivity index (χ0) is 44.3. The number of nitrogen functional groups attached to an aromatic ring is 1. The molecule has 2 aromatic rings. The number of phosphoric ester groups is 3. The molecule has 0 radical (unpaired) electrons. The van der Waals surface area contributed by atoms with Crippen molar-refractivity contribution in [3.63, 3.8) is 0 Å². The summed E-state index contributed by atoms with van der Waals surface area (Å²) in [6, 6.07) is -0.734. The molecule has 334 valence electrons. The van der Waals surface area contributed by atoms with Gasteiger partial charge < -0.3 is 68.1 Å². The molecule has 0 aromatic carbocycles. The number of aliphatic hydroxyl groups excluding tert-OH is 2. The summed E-state index contributed by atoms with van der Waals surface area (Å²) in [5.74, 6) is -1.37. The molecule has 32 heteroatoms. The van der Waals surface area contributed by atoms with E-state index in [4.69, 9.17) is 36.7 Å². The van der Waals surface area contributed by atoms with Gasteiger partial charge >= 0.3 is 23.5 Å². The Bertz CT molecular complexity index is 1950. The van der Waals surface area contributed by atoms with Crippen molar-refractivity contribution in [3.05, 3.63) is 12.7 Å². The minimum Gasteiger partial charge on any atom is -0.386 e. The van der Waals surface area contributed by atoms with Crippen molar-refractivity contribution in [2.45, 2.75) is 69.8 Å². The molecule has 2 amide bonds. The summed E-state index contributed by atoms with van der Waals surface area (Å²) < 4.78 is 62.1. The number of hydrogen-bond acceptors (Lipinski definition) is 20. The van der Waals surface area contributed by atoms with Crippen LogP contribution in [0.5, 0.6) is 0 Å². The second-order valence-corrected chi connectivity index (χ2v) is 18.6. The second-order valence-electron chi connectivity index (χ2n) is 13.3. The Morgan fingerprint density at radius 2 is 1.75 bits per heavy atom. The van der Waals surface area contributed by atoms with Crippen LogP contribution in [0.25, 0.3) is 11.2 Å². The van der Waals surface area contributed by atoms with E-state index in [1.54, 1.807) is 0 Å². The Hall–Kier alpha value is -3.21. The number of ether oxygens (including phenoxy) is 1. The summed E-state index contributed by atoms with van der Waals surface area (Å²) in [4.78, 5) is 91.6. The maximum Gasteiger partial charge on any atom is 0.481 e. The molecule has 59 heavy (non-hydrogen) atoms. The van der Waals surface area contributed by atoms with Crippen LogP contribution >= 0.6 is 35.2 Å². The monoisotopic (exact) mass is 923 g/mol. The number of carbonyl (C=O) groups is 3. The van der Waals surface area contributed by atoms with Gasteiger partial charge in [-0.1, -0.05) is 25.6 Å². The first-order chi connectivity index (χ1) is 27.3. The Morgan fingerprint density at radius 3 is 2.41 bits per heavy atom. The maximum absolute atomic E-state index is 12.7. The average Bonchev–Trinajstić information content (AvgIpc) is 3.69. The topological polar surface area (TPSA) is 454 Å². The molecule has 1 aliphatic rings. The van der Waals surface area contributed by atoms with Gasteiger partial charge in [0, 0.05) is 37.2 Å². The minimum atomic E-state index is -5.59. The molecule has 3 heterocycles. The summed E-state index contributed by atoms with van der Waals surface area (Å²) in [5.41, 5.74) is 20.5.